The number of nitrogens with one attached hydrogen (secondary N) is 1. The number of nitrogens with zero attached hydrogens (tertiary/aromatic N) is 1. The van der Waals surface area contributed by atoms with E-state index in [-0.39, 0.29) is 5.91 Å². The van der Waals surface area contributed by atoms with Gasteiger partial charge >= 0.3 is 0 Å². The average Bonchev–Trinajstić information content (AvgIpc) is 3.34. The lowest BCUT2D eigenvalue weighted by molar-refractivity contribution is 0.102. The molecule has 28 heavy (non-hydrogen) atoms. The van der Waals surface area contributed by atoms with Crippen LogP contribution in [-0.4, -0.2) is 24.6 Å². The van der Waals surface area contributed by atoms with Crippen LogP contribution in [0.15, 0.2) is 58.3 Å². The fourth-order valence-electron chi connectivity index (χ4n) is 2.76. The Labute approximate surface area is 165 Å². The minimum atomic E-state index is -0.227. The van der Waals surface area contributed by atoms with Crippen LogP contribution >= 0.6 is 11.3 Å². The monoisotopic (exact) mass is 394 g/mol. The molecule has 0 fully saturated rings. The van der Waals surface area contributed by atoms with Gasteiger partial charge in [-0.1, -0.05) is 0 Å². The number of fused-ring (bicyclic) bond motifs is 1. The zero-order chi connectivity index (χ0) is 19.5. The number of amides is 1. The lowest BCUT2D eigenvalue weighted by Crippen LogP contribution is -2.11. The number of rotatable bonds is 6. The van der Waals surface area contributed by atoms with Gasteiger partial charge in [-0.2, -0.15) is 0 Å². The quantitative estimate of drug-likeness (QED) is 0.486. The Bertz CT molecular complexity index is 1120. The summed E-state index contributed by atoms with van der Waals surface area (Å²) in [6.07, 6.45) is 0. The van der Waals surface area contributed by atoms with E-state index in [0.717, 1.165) is 16.7 Å². The third-order valence-electron chi connectivity index (χ3n) is 4.13. The molecule has 4 aromatic rings. The molecule has 0 radical (unpaired) electrons. The van der Waals surface area contributed by atoms with Crippen LogP contribution in [0, 0.1) is 0 Å². The van der Waals surface area contributed by atoms with Gasteiger partial charge in [0.05, 0.1) is 13.7 Å². The highest BCUT2D eigenvalue weighted by Crippen LogP contribution is 2.32. The van der Waals surface area contributed by atoms with Crippen molar-refractivity contribution in [3.63, 3.8) is 0 Å². The van der Waals surface area contributed by atoms with Gasteiger partial charge in [-0.25, -0.2) is 4.98 Å². The molecular formula is C21H18N2O4S. The number of hydrogen-bond acceptors (Lipinski definition) is 6. The number of thiazole rings is 1. The highest BCUT2D eigenvalue weighted by atomic mass is 32.1. The molecule has 2 aromatic heterocycles. The Kier molecular flexibility index (Phi) is 4.99. The lowest BCUT2D eigenvalue weighted by atomic mass is 10.2. The summed E-state index contributed by atoms with van der Waals surface area (Å²) in [6.45, 7) is 2.56. The van der Waals surface area contributed by atoms with Crippen LogP contribution < -0.4 is 14.8 Å². The van der Waals surface area contributed by atoms with E-state index < -0.39 is 0 Å². The van der Waals surface area contributed by atoms with E-state index >= 15 is 0 Å². The predicted octanol–water partition coefficient (Wildman–Crippen LogP) is 5.22. The lowest BCUT2D eigenvalue weighted by Gasteiger charge is -2.03. The van der Waals surface area contributed by atoms with Crippen LogP contribution in [-0.2, 0) is 0 Å². The summed E-state index contributed by atoms with van der Waals surface area (Å²) in [5.74, 6) is 1.91. The molecule has 7 heteroatoms. The minimum Gasteiger partial charge on any atom is -0.497 e. The van der Waals surface area contributed by atoms with E-state index in [2.05, 4.69) is 10.3 Å². The number of aromatic nitrogens is 1. The van der Waals surface area contributed by atoms with Gasteiger partial charge < -0.3 is 13.9 Å². The van der Waals surface area contributed by atoms with Crippen LogP contribution in [0.4, 0.5) is 5.13 Å². The summed E-state index contributed by atoms with van der Waals surface area (Å²) in [5, 5.41) is 6.11. The van der Waals surface area contributed by atoms with Gasteiger partial charge in [-0.15, -0.1) is 11.3 Å². The van der Waals surface area contributed by atoms with Crippen molar-refractivity contribution in [1.29, 1.82) is 0 Å². The zero-order valence-electron chi connectivity index (χ0n) is 15.4. The highest BCUT2D eigenvalue weighted by molar-refractivity contribution is 7.14. The zero-order valence-corrected chi connectivity index (χ0v) is 16.2. The summed E-state index contributed by atoms with van der Waals surface area (Å²) in [5.41, 5.74) is 1.96. The van der Waals surface area contributed by atoms with Gasteiger partial charge in [-0.05, 0) is 55.5 Å². The van der Waals surface area contributed by atoms with E-state index in [0.29, 0.717) is 34.5 Å². The molecule has 0 aliphatic carbocycles. The number of benzene rings is 2. The molecule has 0 spiro atoms. The molecule has 0 bridgehead atoms. The number of furan rings is 1. The van der Waals surface area contributed by atoms with Crippen molar-refractivity contribution < 1.29 is 18.7 Å². The summed E-state index contributed by atoms with van der Waals surface area (Å²) in [6, 6.07) is 14.5. The van der Waals surface area contributed by atoms with Crippen LogP contribution in [0.1, 0.15) is 17.3 Å². The molecule has 0 atom stereocenters. The first kappa shape index (κ1) is 18.1. The van der Waals surface area contributed by atoms with E-state index in [1.54, 1.807) is 31.4 Å². The normalized spacial score (nSPS) is 10.8. The number of hydrogen-bond donors (Lipinski definition) is 1. The Hall–Kier alpha value is -3.32. The van der Waals surface area contributed by atoms with E-state index in [1.807, 2.05) is 36.6 Å². The van der Waals surface area contributed by atoms with Crippen molar-refractivity contribution in [2.24, 2.45) is 0 Å². The number of methoxy groups -OCH3 is 1. The molecule has 0 aliphatic rings. The predicted molar refractivity (Wildman–Crippen MR) is 109 cm³/mol. The average molecular weight is 394 g/mol. The molecule has 1 amide bonds. The summed E-state index contributed by atoms with van der Waals surface area (Å²) in [4.78, 5) is 16.8. The maximum atomic E-state index is 12.4. The van der Waals surface area contributed by atoms with Crippen LogP contribution in [0.25, 0.3) is 22.4 Å². The minimum absolute atomic E-state index is 0.227. The maximum Gasteiger partial charge on any atom is 0.257 e. The molecule has 2 heterocycles. The fourth-order valence-corrected chi connectivity index (χ4v) is 3.45. The number of ether oxygens (including phenoxy) is 2. The van der Waals surface area contributed by atoms with Gasteiger partial charge in [0.1, 0.15) is 22.8 Å². The van der Waals surface area contributed by atoms with Crippen molar-refractivity contribution in [3.05, 3.63) is 59.5 Å². The summed E-state index contributed by atoms with van der Waals surface area (Å²) in [7, 11) is 1.59. The molecule has 2 aromatic carbocycles. The number of anilines is 1. The molecule has 0 unspecified atom stereocenters. The van der Waals surface area contributed by atoms with Crippen LogP contribution in [0.2, 0.25) is 0 Å². The van der Waals surface area contributed by atoms with Crippen molar-refractivity contribution in [3.8, 4) is 23.0 Å². The van der Waals surface area contributed by atoms with Crippen LogP contribution in [0.5, 0.6) is 11.5 Å². The molecule has 0 saturated carbocycles. The molecule has 4 rings (SSSR count). The smallest absolute Gasteiger partial charge is 0.257 e. The van der Waals surface area contributed by atoms with Crippen molar-refractivity contribution in [2.75, 3.05) is 19.0 Å². The van der Waals surface area contributed by atoms with Gasteiger partial charge in [0.15, 0.2) is 10.9 Å². The second-order valence-electron chi connectivity index (χ2n) is 5.96. The van der Waals surface area contributed by atoms with Gasteiger partial charge in [0.2, 0.25) is 0 Å². The van der Waals surface area contributed by atoms with Crippen molar-refractivity contribution in [1.82, 2.24) is 4.98 Å². The molecular weight excluding hydrogens is 376 g/mol. The standard InChI is InChI=1S/C21H18N2O4S/c1-3-26-16-8-9-18-14(10-16)11-19(27-18)17-12-28-21(22-17)23-20(24)13-4-6-15(25-2)7-5-13/h4-12H,3H2,1-2H3,(H,22,23,24). The third-order valence-corrected chi connectivity index (χ3v) is 4.89. The molecule has 1 N–H and O–H groups in total. The van der Waals surface area contributed by atoms with E-state index in [1.165, 1.54) is 11.3 Å². The summed E-state index contributed by atoms with van der Waals surface area (Å²) < 4.78 is 16.5. The van der Waals surface area contributed by atoms with E-state index in [4.69, 9.17) is 13.9 Å². The first-order valence-corrected chi connectivity index (χ1v) is 9.62. The summed E-state index contributed by atoms with van der Waals surface area (Å²) >= 11 is 1.34. The highest BCUT2D eigenvalue weighted by Gasteiger charge is 2.13. The number of carbonyl (C=O) groups is 1. The fraction of sp³-hybridized carbons (Fsp3) is 0.143. The SMILES string of the molecule is CCOc1ccc2oc(-c3csc(NC(=O)c4ccc(OC)cc4)n3)cc2c1. The van der Waals surface area contributed by atoms with Gasteiger partial charge in [0, 0.05) is 16.3 Å². The van der Waals surface area contributed by atoms with E-state index in [9.17, 15) is 4.79 Å². The van der Waals surface area contributed by atoms with Crippen molar-refractivity contribution >= 4 is 33.3 Å². The Morgan fingerprint density at radius 3 is 2.68 bits per heavy atom. The first-order valence-electron chi connectivity index (χ1n) is 8.74. The third kappa shape index (κ3) is 3.70. The second kappa shape index (κ2) is 7.74. The molecule has 0 saturated heterocycles. The Morgan fingerprint density at radius 1 is 1.14 bits per heavy atom. The maximum absolute atomic E-state index is 12.4. The Morgan fingerprint density at radius 2 is 1.93 bits per heavy atom. The topological polar surface area (TPSA) is 73.6 Å². The second-order valence-corrected chi connectivity index (χ2v) is 6.82. The van der Waals surface area contributed by atoms with Crippen molar-refractivity contribution in [2.45, 2.75) is 6.92 Å². The largest absolute Gasteiger partial charge is 0.497 e. The van der Waals surface area contributed by atoms with Gasteiger partial charge in [-0.3, -0.25) is 10.1 Å². The molecule has 6 nitrogen and oxygen atoms in total. The molecule has 0 aliphatic heterocycles. The first-order chi connectivity index (χ1) is 13.7. The number of carbonyl (C=O) groups excluding carboxylic acids is 1. The molecule has 142 valence electrons. The van der Waals surface area contributed by atoms with Gasteiger partial charge in [0.25, 0.3) is 5.91 Å². The van der Waals surface area contributed by atoms with Crippen LogP contribution in [0.3, 0.4) is 0 Å². The Balaban J connectivity index is 1.52.